The number of aryl methyl sites for hydroxylation is 1. The van der Waals surface area contributed by atoms with Gasteiger partial charge in [-0.2, -0.15) is 0 Å². The highest BCUT2D eigenvalue weighted by Gasteiger charge is 2.34. The number of nitrogens with zero attached hydrogens (tertiary/aromatic N) is 5. The average Bonchev–Trinajstić information content (AvgIpc) is 3.20. The van der Waals surface area contributed by atoms with Crippen LogP contribution in [0.2, 0.25) is 5.02 Å². The Kier molecular flexibility index (Phi) is 8.24. The maximum absolute atomic E-state index is 12.7. The minimum Gasteiger partial charge on any atom is -0.444 e. The van der Waals surface area contributed by atoms with Crippen LogP contribution in [0, 0.1) is 6.92 Å². The normalized spacial score (nSPS) is 19.2. The molecule has 0 N–H and O–H groups in total. The quantitative estimate of drug-likeness (QED) is 0.432. The second-order valence-electron chi connectivity index (χ2n) is 10.7. The lowest BCUT2D eigenvalue weighted by Gasteiger charge is -2.40. The average molecular weight is 524 g/mol. The number of benzene rings is 1. The molecule has 0 radical (unpaired) electrons. The van der Waals surface area contributed by atoms with Crippen molar-refractivity contribution in [1.29, 1.82) is 0 Å². The van der Waals surface area contributed by atoms with E-state index in [0.717, 1.165) is 42.2 Å². The number of piperazine rings is 1. The Labute approximate surface area is 225 Å². The van der Waals surface area contributed by atoms with E-state index in [9.17, 15) is 4.79 Å². The number of fused-ring (bicyclic) bond motifs is 1. The minimum atomic E-state index is -0.509. The molecule has 0 bridgehead atoms. The molecule has 0 saturated carbocycles. The molecule has 0 spiro atoms. The van der Waals surface area contributed by atoms with Gasteiger partial charge in [0.15, 0.2) is 0 Å². The number of carbonyl (C=O) groups is 1. The van der Waals surface area contributed by atoms with Crippen LogP contribution in [0.1, 0.15) is 64.0 Å². The molecule has 2 aliphatic rings. The Bertz CT molecular complexity index is 1230. The van der Waals surface area contributed by atoms with Gasteiger partial charge in [-0.15, -0.1) is 0 Å². The van der Waals surface area contributed by atoms with Crippen LogP contribution in [0.5, 0.6) is 0 Å². The van der Waals surface area contributed by atoms with Gasteiger partial charge in [-0.3, -0.25) is 9.89 Å². The Morgan fingerprint density at radius 3 is 2.57 bits per heavy atom. The van der Waals surface area contributed by atoms with Crippen molar-refractivity contribution in [3.8, 4) is 0 Å². The summed E-state index contributed by atoms with van der Waals surface area (Å²) in [5.41, 5.74) is 5.15. The maximum atomic E-state index is 12.7. The third-order valence-corrected chi connectivity index (χ3v) is 7.04. The van der Waals surface area contributed by atoms with Crippen LogP contribution in [0.3, 0.4) is 0 Å². The van der Waals surface area contributed by atoms with Crippen molar-refractivity contribution in [2.75, 3.05) is 26.2 Å². The Morgan fingerprint density at radius 2 is 1.95 bits per heavy atom. The maximum Gasteiger partial charge on any atom is 0.410 e. The summed E-state index contributed by atoms with van der Waals surface area (Å²) in [7, 11) is 0. The molecule has 1 aliphatic heterocycles. The van der Waals surface area contributed by atoms with Gasteiger partial charge < -0.3 is 14.2 Å². The highest BCUT2D eigenvalue weighted by Crippen LogP contribution is 2.41. The Morgan fingerprint density at radius 1 is 1.22 bits per heavy atom. The standard InChI is InChI=1S/C29H38ClN5O2/c1-7-10-32-26-20(2)23(19-35-12-11-31-21(35)3)17-22-18-24(30)8-9-25(22)27(26)33-13-15-34(16-14-33)28(36)37-29(4,5)6/h8-12,17-18,27H,7,13-16,19H2,1-6H3. The molecule has 1 atom stereocenters. The molecule has 1 aromatic carbocycles. The van der Waals surface area contributed by atoms with E-state index < -0.39 is 5.60 Å². The summed E-state index contributed by atoms with van der Waals surface area (Å²) in [6.07, 6.45) is 8.67. The molecule has 2 heterocycles. The molecule has 1 saturated heterocycles. The van der Waals surface area contributed by atoms with E-state index in [1.54, 1.807) is 4.90 Å². The van der Waals surface area contributed by atoms with E-state index in [1.807, 2.05) is 58.4 Å². The number of aromatic nitrogens is 2. The fraction of sp³-hybridized carbons (Fsp3) is 0.483. The second-order valence-corrected chi connectivity index (χ2v) is 11.1. The van der Waals surface area contributed by atoms with Gasteiger partial charge in [-0.25, -0.2) is 9.78 Å². The molecular formula is C29H38ClN5O2. The number of rotatable bonds is 5. The Balaban J connectivity index is 1.72. The predicted octanol–water partition coefficient (Wildman–Crippen LogP) is 6.29. The first-order chi connectivity index (χ1) is 17.6. The highest BCUT2D eigenvalue weighted by atomic mass is 35.5. The van der Waals surface area contributed by atoms with Crippen LogP contribution >= 0.6 is 11.6 Å². The van der Waals surface area contributed by atoms with Crippen LogP contribution in [0.4, 0.5) is 4.79 Å². The number of halogens is 1. The van der Waals surface area contributed by atoms with Crippen LogP contribution in [-0.2, 0) is 11.3 Å². The van der Waals surface area contributed by atoms with Crippen molar-refractivity contribution in [2.24, 2.45) is 4.99 Å². The van der Waals surface area contributed by atoms with Gasteiger partial charge in [0, 0.05) is 56.4 Å². The number of hydrogen-bond donors (Lipinski definition) is 0. The smallest absolute Gasteiger partial charge is 0.410 e. The first kappa shape index (κ1) is 27.1. The SMILES string of the molecule is CCC=NC1=C(C)C(Cn2ccnc2C)=Cc2cc(Cl)ccc2C1N1CCN(C(=O)OC(C)(C)C)CC1. The third kappa shape index (κ3) is 6.33. The summed E-state index contributed by atoms with van der Waals surface area (Å²) in [6, 6.07) is 6.08. The van der Waals surface area contributed by atoms with E-state index in [1.165, 1.54) is 11.1 Å². The largest absolute Gasteiger partial charge is 0.444 e. The summed E-state index contributed by atoms with van der Waals surface area (Å²) in [5.74, 6) is 0.970. The zero-order chi connectivity index (χ0) is 26.7. The second kappa shape index (κ2) is 11.2. The van der Waals surface area contributed by atoms with Crippen molar-refractivity contribution < 1.29 is 9.53 Å². The van der Waals surface area contributed by atoms with E-state index in [0.29, 0.717) is 24.7 Å². The predicted molar refractivity (Wildman–Crippen MR) is 150 cm³/mol. The number of carbonyl (C=O) groups excluding carboxylic acids is 1. The third-order valence-electron chi connectivity index (χ3n) is 6.81. The van der Waals surface area contributed by atoms with Crippen molar-refractivity contribution in [2.45, 2.75) is 66.2 Å². The molecule has 37 heavy (non-hydrogen) atoms. The molecule has 1 unspecified atom stereocenters. The minimum absolute atomic E-state index is 0.0477. The molecule has 1 fully saturated rings. The molecule has 4 rings (SSSR count). The number of ether oxygens (including phenoxy) is 1. The van der Waals surface area contributed by atoms with E-state index in [-0.39, 0.29) is 12.1 Å². The van der Waals surface area contributed by atoms with Crippen LogP contribution in [0.15, 0.2) is 52.4 Å². The van der Waals surface area contributed by atoms with Crippen molar-refractivity contribution in [3.63, 3.8) is 0 Å². The van der Waals surface area contributed by atoms with Gasteiger partial charge in [-0.1, -0.05) is 24.6 Å². The van der Waals surface area contributed by atoms with Crippen LogP contribution < -0.4 is 0 Å². The van der Waals surface area contributed by atoms with Gasteiger partial charge in [0.1, 0.15) is 11.4 Å². The van der Waals surface area contributed by atoms with Gasteiger partial charge in [-0.05, 0) is 81.5 Å². The molecule has 2 aromatic rings. The zero-order valence-corrected chi connectivity index (χ0v) is 23.5. The van der Waals surface area contributed by atoms with Crippen LogP contribution in [0.25, 0.3) is 6.08 Å². The fourth-order valence-electron chi connectivity index (χ4n) is 4.87. The first-order valence-corrected chi connectivity index (χ1v) is 13.4. The molecular weight excluding hydrogens is 486 g/mol. The van der Waals surface area contributed by atoms with Gasteiger partial charge >= 0.3 is 6.09 Å². The molecule has 198 valence electrons. The lowest BCUT2D eigenvalue weighted by Crippen LogP contribution is -2.51. The van der Waals surface area contributed by atoms with Crippen molar-refractivity contribution in [3.05, 3.63) is 69.4 Å². The van der Waals surface area contributed by atoms with Gasteiger partial charge in [0.05, 0.1) is 11.7 Å². The summed E-state index contributed by atoms with van der Waals surface area (Å²) < 4.78 is 7.77. The summed E-state index contributed by atoms with van der Waals surface area (Å²) in [4.78, 5) is 26.4. The monoisotopic (exact) mass is 523 g/mol. The number of hydrogen-bond acceptors (Lipinski definition) is 5. The van der Waals surface area contributed by atoms with Crippen molar-refractivity contribution >= 4 is 30.0 Å². The summed E-state index contributed by atoms with van der Waals surface area (Å²) in [5, 5.41) is 0.708. The van der Waals surface area contributed by atoms with E-state index >= 15 is 0 Å². The number of amides is 1. The molecule has 8 heteroatoms. The highest BCUT2D eigenvalue weighted by molar-refractivity contribution is 6.30. The fourth-order valence-corrected chi connectivity index (χ4v) is 5.05. The first-order valence-electron chi connectivity index (χ1n) is 13.0. The molecule has 1 aliphatic carbocycles. The van der Waals surface area contributed by atoms with Gasteiger partial charge in [0.2, 0.25) is 0 Å². The lowest BCUT2D eigenvalue weighted by molar-refractivity contribution is 0.0117. The number of imidazole rings is 1. The zero-order valence-electron chi connectivity index (χ0n) is 22.8. The molecule has 7 nitrogen and oxygen atoms in total. The van der Waals surface area contributed by atoms with Gasteiger partial charge in [0.25, 0.3) is 0 Å². The van der Waals surface area contributed by atoms with Crippen LogP contribution in [-0.4, -0.2) is 63.4 Å². The topological polar surface area (TPSA) is 63.0 Å². The summed E-state index contributed by atoms with van der Waals surface area (Å²) >= 11 is 6.48. The van der Waals surface area contributed by atoms with E-state index in [2.05, 4.69) is 40.4 Å². The molecule has 1 aromatic heterocycles. The lowest BCUT2D eigenvalue weighted by atomic mass is 9.96. The van der Waals surface area contributed by atoms with Crippen molar-refractivity contribution in [1.82, 2.24) is 19.4 Å². The molecule has 1 amide bonds. The Hall–Kier alpha value is -2.90. The number of aliphatic imine (C=N–C) groups is 1. The van der Waals surface area contributed by atoms with E-state index in [4.69, 9.17) is 21.3 Å². The number of allylic oxidation sites excluding steroid dienone is 2. The summed E-state index contributed by atoms with van der Waals surface area (Å²) in [6.45, 7) is 15.3.